The SMILES string of the molecule is COc1cccc(/C=N/N=C2\NC(=O)C(CC(=O)Nc3ccc(Cl)cc3)S2)c1OC. The Balaban J connectivity index is 1.60. The molecule has 8 nitrogen and oxygen atoms in total. The first kappa shape index (κ1) is 21.7. The Morgan fingerprint density at radius 2 is 2.00 bits per heavy atom. The summed E-state index contributed by atoms with van der Waals surface area (Å²) in [7, 11) is 3.08. The molecule has 156 valence electrons. The van der Waals surface area contributed by atoms with Crippen molar-refractivity contribution >= 4 is 52.2 Å². The van der Waals surface area contributed by atoms with Crippen LogP contribution in [0.5, 0.6) is 11.5 Å². The summed E-state index contributed by atoms with van der Waals surface area (Å²) in [5.74, 6) is 0.531. The first-order valence-corrected chi connectivity index (χ1v) is 10.1. The highest BCUT2D eigenvalue weighted by molar-refractivity contribution is 8.15. The van der Waals surface area contributed by atoms with Gasteiger partial charge in [0.15, 0.2) is 16.7 Å². The first-order valence-electron chi connectivity index (χ1n) is 8.85. The van der Waals surface area contributed by atoms with Gasteiger partial charge in [0.2, 0.25) is 11.8 Å². The number of hydrogen-bond acceptors (Lipinski definition) is 7. The molecule has 1 saturated heterocycles. The van der Waals surface area contributed by atoms with E-state index >= 15 is 0 Å². The fourth-order valence-electron chi connectivity index (χ4n) is 2.66. The molecule has 10 heteroatoms. The number of carbonyl (C=O) groups is 2. The molecule has 1 heterocycles. The Morgan fingerprint density at radius 3 is 2.70 bits per heavy atom. The number of amides is 2. The molecule has 2 aromatic rings. The Kier molecular flexibility index (Phi) is 7.31. The van der Waals surface area contributed by atoms with Crippen molar-refractivity contribution in [2.45, 2.75) is 11.7 Å². The van der Waals surface area contributed by atoms with Gasteiger partial charge < -0.3 is 20.1 Å². The number of amidine groups is 1. The van der Waals surface area contributed by atoms with Crippen molar-refractivity contribution in [3.05, 3.63) is 53.1 Å². The van der Waals surface area contributed by atoms with Crippen LogP contribution in [0.15, 0.2) is 52.7 Å². The topological polar surface area (TPSA) is 101 Å². The number of halogens is 1. The fraction of sp³-hybridized carbons (Fsp3) is 0.200. The minimum Gasteiger partial charge on any atom is -0.493 e. The van der Waals surface area contributed by atoms with Crippen LogP contribution in [0.1, 0.15) is 12.0 Å². The lowest BCUT2D eigenvalue weighted by atomic mass is 10.2. The van der Waals surface area contributed by atoms with Gasteiger partial charge in [0.25, 0.3) is 0 Å². The maximum absolute atomic E-state index is 12.2. The van der Waals surface area contributed by atoms with Crippen LogP contribution in [0.4, 0.5) is 5.69 Å². The third kappa shape index (κ3) is 5.52. The maximum Gasteiger partial charge on any atom is 0.240 e. The monoisotopic (exact) mass is 446 g/mol. The van der Waals surface area contributed by atoms with Crippen molar-refractivity contribution in [1.82, 2.24) is 5.32 Å². The van der Waals surface area contributed by atoms with Crippen LogP contribution >= 0.6 is 23.4 Å². The summed E-state index contributed by atoms with van der Waals surface area (Å²) in [6.45, 7) is 0. The van der Waals surface area contributed by atoms with E-state index in [0.717, 1.165) is 11.8 Å². The van der Waals surface area contributed by atoms with E-state index in [9.17, 15) is 9.59 Å². The molecule has 0 saturated carbocycles. The lowest BCUT2D eigenvalue weighted by molar-refractivity contribution is -0.122. The second-order valence-electron chi connectivity index (χ2n) is 6.09. The molecule has 2 aromatic carbocycles. The maximum atomic E-state index is 12.2. The van der Waals surface area contributed by atoms with E-state index in [1.54, 1.807) is 49.6 Å². The minimum absolute atomic E-state index is 0.00552. The van der Waals surface area contributed by atoms with Crippen LogP contribution < -0.4 is 20.1 Å². The quantitative estimate of drug-likeness (QED) is 0.502. The van der Waals surface area contributed by atoms with Gasteiger partial charge >= 0.3 is 0 Å². The third-order valence-corrected chi connectivity index (χ3v) is 5.38. The highest BCUT2D eigenvalue weighted by atomic mass is 35.5. The molecule has 3 rings (SSSR count). The van der Waals surface area contributed by atoms with Crippen molar-refractivity contribution in [3.8, 4) is 11.5 Å². The zero-order valence-electron chi connectivity index (χ0n) is 16.2. The van der Waals surface area contributed by atoms with Gasteiger partial charge in [-0.3, -0.25) is 9.59 Å². The molecule has 0 aliphatic carbocycles. The molecule has 1 atom stereocenters. The minimum atomic E-state index is -0.586. The van der Waals surface area contributed by atoms with Crippen LogP contribution in [0, 0.1) is 0 Å². The predicted molar refractivity (Wildman–Crippen MR) is 119 cm³/mol. The van der Waals surface area contributed by atoms with Crippen LogP contribution in [-0.4, -0.2) is 42.7 Å². The van der Waals surface area contributed by atoms with Crippen molar-refractivity contribution in [3.63, 3.8) is 0 Å². The third-order valence-electron chi connectivity index (χ3n) is 4.05. The summed E-state index contributed by atoms with van der Waals surface area (Å²) in [5.41, 5.74) is 1.29. The van der Waals surface area contributed by atoms with Crippen LogP contribution in [-0.2, 0) is 9.59 Å². The van der Waals surface area contributed by atoms with E-state index in [2.05, 4.69) is 20.8 Å². The van der Waals surface area contributed by atoms with Gasteiger partial charge in [0, 0.05) is 22.7 Å². The first-order chi connectivity index (χ1) is 14.5. The lowest BCUT2D eigenvalue weighted by Crippen LogP contribution is -2.28. The summed E-state index contributed by atoms with van der Waals surface area (Å²) in [6, 6.07) is 12.1. The van der Waals surface area contributed by atoms with Crippen LogP contribution in [0.3, 0.4) is 0 Å². The van der Waals surface area contributed by atoms with Gasteiger partial charge in [-0.05, 0) is 36.4 Å². The molecule has 0 bridgehead atoms. The Morgan fingerprint density at radius 1 is 1.23 bits per heavy atom. The van der Waals surface area contributed by atoms with Crippen molar-refractivity contribution in [2.24, 2.45) is 10.2 Å². The summed E-state index contributed by atoms with van der Waals surface area (Å²) in [5, 5.41) is 13.7. The number of anilines is 1. The number of benzene rings is 2. The van der Waals surface area contributed by atoms with Crippen molar-refractivity contribution in [2.75, 3.05) is 19.5 Å². The summed E-state index contributed by atoms with van der Waals surface area (Å²) in [6.07, 6.45) is 1.51. The number of ether oxygens (including phenoxy) is 2. The Hall–Kier alpha value is -3.04. The van der Waals surface area contributed by atoms with E-state index in [4.69, 9.17) is 21.1 Å². The molecular weight excluding hydrogens is 428 g/mol. The molecule has 2 N–H and O–H groups in total. The summed E-state index contributed by atoms with van der Waals surface area (Å²) < 4.78 is 10.6. The molecule has 0 spiro atoms. The second-order valence-corrected chi connectivity index (χ2v) is 7.72. The van der Waals surface area contributed by atoms with E-state index in [-0.39, 0.29) is 18.2 Å². The largest absolute Gasteiger partial charge is 0.493 e. The number of hydrogen-bond donors (Lipinski definition) is 2. The van der Waals surface area contributed by atoms with Crippen LogP contribution in [0.25, 0.3) is 0 Å². The molecule has 30 heavy (non-hydrogen) atoms. The number of thioether (sulfide) groups is 1. The number of rotatable bonds is 7. The lowest BCUT2D eigenvalue weighted by Gasteiger charge is -2.08. The standard InChI is InChI=1S/C20H19ClN4O4S/c1-28-15-5-3-4-12(18(15)29-2)11-22-25-20-24-19(27)16(30-20)10-17(26)23-14-8-6-13(21)7-9-14/h3-9,11,16H,10H2,1-2H3,(H,23,26)(H,24,25,27)/b22-11+. The molecule has 1 fully saturated rings. The molecule has 1 aliphatic rings. The number of methoxy groups -OCH3 is 2. The number of para-hydroxylation sites is 1. The average Bonchev–Trinajstić information content (AvgIpc) is 3.08. The molecule has 0 radical (unpaired) electrons. The highest BCUT2D eigenvalue weighted by Crippen LogP contribution is 2.29. The number of carbonyl (C=O) groups excluding carboxylic acids is 2. The smallest absolute Gasteiger partial charge is 0.240 e. The van der Waals surface area contributed by atoms with Crippen LogP contribution in [0.2, 0.25) is 5.02 Å². The van der Waals surface area contributed by atoms with Gasteiger partial charge in [0.1, 0.15) is 5.25 Å². The molecule has 1 unspecified atom stereocenters. The fourth-order valence-corrected chi connectivity index (χ4v) is 3.71. The average molecular weight is 447 g/mol. The van der Waals surface area contributed by atoms with Gasteiger partial charge in [0.05, 0.1) is 20.4 Å². The summed E-state index contributed by atoms with van der Waals surface area (Å²) >= 11 is 6.98. The highest BCUT2D eigenvalue weighted by Gasteiger charge is 2.32. The van der Waals surface area contributed by atoms with Gasteiger partial charge in [-0.25, -0.2) is 0 Å². The van der Waals surface area contributed by atoms with Crippen molar-refractivity contribution in [1.29, 1.82) is 0 Å². The van der Waals surface area contributed by atoms with E-state index in [1.165, 1.54) is 13.3 Å². The van der Waals surface area contributed by atoms with Gasteiger partial charge in [-0.1, -0.05) is 29.4 Å². The molecule has 0 aromatic heterocycles. The molecule has 1 aliphatic heterocycles. The van der Waals surface area contributed by atoms with Gasteiger partial charge in [-0.2, -0.15) is 5.10 Å². The Bertz CT molecular complexity index is 995. The molecular formula is C20H19ClN4O4S. The van der Waals surface area contributed by atoms with E-state index in [0.29, 0.717) is 32.9 Å². The molecule has 2 amide bonds. The van der Waals surface area contributed by atoms with Gasteiger partial charge in [-0.15, -0.1) is 5.10 Å². The van der Waals surface area contributed by atoms with E-state index < -0.39 is 5.25 Å². The van der Waals surface area contributed by atoms with Crippen molar-refractivity contribution < 1.29 is 19.1 Å². The number of nitrogens with zero attached hydrogens (tertiary/aromatic N) is 2. The number of nitrogens with one attached hydrogen (secondary N) is 2. The zero-order valence-corrected chi connectivity index (χ0v) is 17.8. The zero-order chi connectivity index (χ0) is 21.5. The predicted octanol–water partition coefficient (Wildman–Crippen LogP) is 3.31. The van der Waals surface area contributed by atoms with E-state index in [1.807, 2.05) is 0 Å². The normalized spacial score (nSPS) is 17.2. The second kappa shape index (κ2) is 10.1. The Labute approximate surface area is 182 Å². The summed E-state index contributed by atoms with van der Waals surface area (Å²) in [4.78, 5) is 24.3.